The highest BCUT2D eigenvalue weighted by molar-refractivity contribution is 4.72. The Morgan fingerprint density at radius 2 is 2.33 bits per heavy atom. The van der Waals surface area contributed by atoms with Crippen LogP contribution < -0.4 is 6.15 Å². The lowest BCUT2D eigenvalue weighted by Crippen LogP contribution is -1.53. The number of aromatic nitrogens is 2. The quantitative estimate of drug-likeness (QED) is 0.468. The summed E-state index contributed by atoms with van der Waals surface area (Å²) in [6.45, 7) is 0. The Balaban J connectivity index is 0.000000250. The summed E-state index contributed by atoms with van der Waals surface area (Å²) in [4.78, 5) is 0. The second-order valence-corrected chi connectivity index (χ2v) is 0.766. The summed E-state index contributed by atoms with van der Waals surface area (Å²) < 4.78 is 0. The van der Waals surface area contributed by atoms with E-state index in [4.69, 9.17) is 0 Å². The van der Waals surface area contributed by atoms with E-state index in [2.05, 4.69) is 10.2 Å². The van der Waals surface area contributed by atoms with Crippen LogP contribution in [0, 0.1) is 0 Å². The third-order valence-electron chi connectivity index (χ3n) is 0.406. The molecule has 0 bridgehead atoms. The van der Waals surface area contributed by atoms with Gasteiger partial charge in [0.25, 0.3) is 0 Å². The minimum atomic E-state index is 0. The summed E-state index contributed by atoms with van der Waals surface area (Å²) in [6, 6.07) is 1.83. The van der Waals surface area contributed by atoms with Crippen LogP contribution in [0.5, 0.6) is 0 Å². The van der Waals surface area contributed by atoms with Crippen molar-refractivity contribution in [3.05, 3.63) is 18.5 Å². The fourth-order valence-electron chi connectivity index (χ4n) is 0.215. The van der Waals surface area contributed by atoms with Crippen molar-refractivity contribution in [3.8, 4) is 0 Å². The van der Waals surface area contributed by atoms with Crippen molar-refractivity contribution >= 4 is 0 Å². The van der Waals surface area contributed by atoms with E-state index in [1.807, 2.05) is 6.07 Å². The Morgan fingerprint density at radius 1 is 1.50 bits per heavy atom. The molecule has 3 radical (unpaired) electrons. The fraction of sp³-hybridized carbons (Fsp3) is 0. The number of nitrogens with zero attached hydrogens (tertiary/aromatic N) is 2. The van der Waals surface area contributed by atoms with Gasteiger partial charge in [0.1, 0.15) is 0 Å². The first-order valence-electron chi connectivity index (χ1n) is 1.44. The number of aromatic amines is 1. The Hall–Kier alpha value is -0.830. The number of hydrogen-bond donors (Lipinski definition) is 1. The van der Waals surface area contributed by atoms with Crippen molar-refractivity contribution in [2.24, 2.45) is 0 Å². The van der Waals surface area contributed by atoms with Gasteiger partial charge < -0.3 is 0 Å². The molecule has 3 nitrogen and oxygen atoms in total. The van der Waals surface area contributed by atoms with Crippen LogP contribution in [0.25, 0.3) is 0 Å². The second kappa shape index (κ2) is 2.41. The van der Waals surface area contributed by atoms with Crippen LogP contribution in [-0.4, -0.2) is 10.2 Å². The lowest BCUT2D eigenvalue weighted by Gasteiger charge is -1.49. The molecule has 1 aromatic rings. The third-order valence-corrected chi connectivity index (χ3v) is 0.406. The molecule has 0 aromatic carbocycles. The second-order valence-electron chi connectivity index (χ2n) is 0.766. The molecule has 3 heteroatoms. The van der Waals surface area contributed by atoms with Gasteiger partial charge in [-0.2, -0.15) is 5.10 Å². The Bertz CT molecular complexity index is 62.5. The van der Waals surface area contributed by atoms with Crippen molar-refractivity contribution in [3.63, 3.8) is 0 Å². The third kappa shape index (κ3) is 0.858. The molecule has 0 saturated carbocycles. The maximum Gasteiger partial charge on any atom is 0.0487 e. The van der Waals surface area contributed by atoms with Crippen molar-refractivity contribution in [2.75, 3.05) is 0 Å². The summed E-state index contributed by atoms with van der Waals surface area (Å²) in [5, 5.41) is 6.21. The first-order valence-corrected chi connectivity index (χ1v) is 1.44. The van der Waals surface area contributed by atoms with E-state index in [1.165, 1.54) is 0 Å². The molecule has 1 heterocycles. The van der Waals surface area contributed by atoms with E-state index in [9.17, 15) is 0 Å². The summed E-state index contributed by atoms with van der Waals surface area (Å²) in [7, 11) is 0. The van der Waals surface area contributed by atoms with E-state index in [0.717, 1.165) is 0 Å². The van der Waals surface area contributed by atoms with E-state index in [1.54, 1.807) is 12.4 Å². The monoisotopic (exact) mass is 82.0 g/mol. The molecule has 0 amide bonds. The number of H-pyrrole nitrogens is 1. The molecule has 0 saturated heterocycles. The first-order chi connectivity index (χ1) is 2.50. The van der Waals surface area contributed by atoms with Gasteiger partial charge in [-0.25, -0.2) is 0 Å². The molecule has 1 aromatic heterocycles. The maximum absolute atomic E-state index is 3.60. The molecule has 31 valence electrons. The van der Waals surface area contributed by atoms with Gasteiger partial charge in [0.2, 0.25) is 0 Å². The molecule has 0 aliphatic rings. The molecular weight excluding hydrogens is 78.1 g/mol. The molecule has 0 aliphatic heterocycles. The van der Waals surface area contributed by atoms with Gasteiger partial charge in [0.15, 0.2) is 0 Å². The van der Waals surface area contributed by atoms with Gasteiger partial charge in [-0.15, -0.1) is 0 Å². The van der Waals surface area contributed by atoms with Crippen LogP contribution in [0.2, 0.25) is 0 Å². The molecule has 1 N–H and O–H groups in total. The van der Waals surface area contributed by atoms with Crippen LogP contribution in [0.1, 0.15) is 0 Å². The summed E-state index contributed by atoms with van der Waals surface area (Å²) in [6.07, 6.45) is 3.46. The van der Waals surface area contributed by atoms with E-state index >= 15 is 0 Å². The predicted molar refractivity (Wildman–Crippen MR) is 20.7 cm³/mol. The van der Waals surface area contributed by atoms with Crippen molar-refractivity contribution in [2.45, 2.75) is 0 Å². The zero-order valence-corrected chi connectivity index (χ0v) is 3.13. The lowest BCUT2D eigenvalue weighted by atomic mass is 10.8. The SMILES string of the molecule is [N].c1cn[nH]c1. The Kier molecular flexibility index (Phi) is 2.08. The fourth-order valence-corrected chi connectivity index (χ4v) is 0.215. The largest absolute Gasteiger partial charge is 0.286 e. The smallest absolute Gasteiger partial charge is 0.0487 e. The minimum Gasteiger partial charge on any atom is -0.286 e. The van der Waals surface area contributed by atoms with E-state index < -0.39 is 0 Å². The number of rotatable bonds is 0. The lowest BCUT2D eigenvalue weighted by molar-refractivity contribution is 1.09. The highest BCUT2D eigenvalue weighted by Gasteiger charge is 1.56. The average molecular weight is 82.1 g/mol. The van der Waals surface area contributed by atoms with Crippen LogP contribution in [-0.2, 0) is 0 Å². The molecular formula is C3H4N3. The normalized spacial score (nSPS) is 6.67. The molecule has 0 aliphatic carbocycles. The van der Waals surface area contributed by atoms with Gasteiger partial charge in [-0.3, -0.25) is 5.10 Å². The highest BCUT2D eigenvalue weighted by atomic mass is 15.1. The van der Waals surface area contributed by atoms with Crippen LogP contribution >= 0.6 is 0 Å². The van der Waals surface area contributed by atoms with Gasteiger partial charge >= 0.3 is 0 Å². The topological polar surface area (TPSA) is 59.2 Å². The van der Waals surface area contributed by atoms with Gasteiger partial charge in [0.05, 0.1) is 0 Å². The van der Waals surface area contributed by atoms with Crippen LogP contribution in [0.4, 0.5) is 0 Å². The molecule has 0 atom stereocenters. The van der Waals surface area contributed by atoms with Gasteiger partial charge in [-0.05, 0) is 6.07 Å². The molecule has 6 heavy (non-hydrogen) atoms. The Morgan fingerprint density at radius 3 is 2.50 bits per heavy atom. The molecule has 0 spiro atoms. The van der Waals surface area contributed by atoms with Crippen molar-refractivity contribution in [1.82, 2.24) is 16.3 Å². The van der Waals surface area contributed by atoms with Gasteiger partial charge in [0, 0.05) is 18.5 Å². The maximum atomic E-state index is 3.60. The Labute approximate surface area is 36.0 Å². The summed E-state index contributed by atoms with van der Waals surface area (Å²) in [5.41, 5.74) is 0. The van der Waals surface area contributed by atoms with E-state index in [-0.39, 0.29) is 6.15 Å². The van der Waals surface area contributed by atoms with Gasteiger partial charge in [-0.1, -0.05) is 0 Å². The minimum absolute atomic E-state index is 0. The molecule has 0 unspecified atom stereocenters. The summed E-state index contributed by atoms with van der Waals surface area (Å²) in [5.74, 6) is 0. The zero-order valence-electron chi connectivity index (χ0n) is 3.13. The van der Waals surface area contributed by atoms with Crippen LogP contribution in [0.3, 0.4) is 0 Å². The van der Waals surface area contributed by atoms with E-state index in [0.29, 0.717) is 0 Å². The average Bonchev–Trinajstić information content (AvgIpc) is 1.76. The highest BCUT2D eigenvalue weighted by Crippen LogP contribution is 1.64. The summed E-state index contributed by atoms with van der Waals surface area (Å²) >= 11 is 0. The van der Waals surface area contributed by atoms with Crippen molar-refractivity contribution in [1.29, 1.82) is 0 Å². The molecule has 1 rings (SSSR count). The zero-order chi connectivity index (χ0) is 3.54. The standard InChI is InChI=1S/C3H4N2.N/c1-2-4-5-3-1;/h1-3H,(H,4,5);. The molecule has 0 fully saturated rings. The predicted octanol–water partition coefficient (Wildman–Crippen LogP) is -0.0709. The van der Waals surface area contributed by atoms with Crippen LogP contribution in [0.15, 0.2) is 18.5 Å². The first kappa shape index (κ1) is 5.17. The van der Waals surface area contributed by atoms with Crippen molar-refractivity contribution < 1.29 is 0 Å². The number of nitrogens with one attached hydrogen (secondary N) is 1. The number of hydrogen-bond acceptors (Lipinski definition) is 1.